The lowest BCUT2D eigenvalue weighted by atomic mass is 10.1. The monoisotopic (exact) mass is 322 g/mol. The molecule has 4 nitrogen and oxygen atoms in total. The van der Waals surface area contributed by atoms with E-state index in [1.54, 1.807) is 18.6 Å². The van der Waals surface area contributed by atoms with Gasteiger partial charge in [0, 0.05) is 24.5 Å². The zero-order chi connectivity index (χ0) is 16.4. The van der Waals surface area contributed by atoms with Crippen molar-refractivity contribution < 1.29 is 4.39 Å². The molecule has 1 fully saturated rings. The average molecular weight is 322 g/mol. The normalized spacial score (nSPS) is 18.1. The lowest BCUT2D eigenvalue weighted by Gasteiger charge is -2.24. The van der Waals surface area contributed by atoms with Crippen molar-refractivity contribution in [2.45, 2.75) is 25.4 Å². The van der Waals surface area contributed by atoms with Crippen molar-refractivity contribution in [2.24, 2.45) is 0 Å². The van der Waals surface area contributed by atoms with E-state index >= 15 is 0 Å². The summed E-state index contributed by atoms with van der Waals surface area (Å²) >= 11 is 0. The number of pyridine rings is 1. The maximum Gasteiger partial charge on any atom is 0.138 e. The van der Waals surface area contributed by atoms with Gasteiger partial charge in [0.25, 0.3) is 0 Å². The standard InChI is InChI=1S/C19H19FN4/c20-16-6-2-1-5-15(16)13-23-11-4-8-18(23)17-7-3-9-19(22-17)24-12-10-21-14-24/h1-3,5-7,9-10,12,14,18H,4,8,11,13H2. The molecule has 4 rings (SSSR count). The topological polar surface area (TPSA) is 34.0 Å². The van der Waals surface area contributed by atoms with Crippen molar-refractivity contribution in [3.63, 3.8) is 0 Å². The average Bonchev–Trinajstić information content (AvgIpc) is 3.29. The van der Waals surface area contributed by atoms with E-state index < -0.39 is 0 Å². The van der Waals surface area contributed by atoms with Gasteiger partial charge in [0.05, 0.1) is 11.7 Å². The number of halogens is 1. The molecule has 5 heteroatoms. The molecule has 1 saturated heterocycles. The first-order valence-electron chi connectivity index (χ1n) is 8.24. The maximum atomic E-state index is 14.0. The molecule has 0 amide bonds. The van der Waals surface area contributed by atoms with Crippen LogP contribution in [0.1, 0.15) is 30.1 Å². The van der Waals surface area contributed by atoms with E-state index in [2.05, 4.69) is 16.0 Å². The van der Waals surface area contributed by atoms with Crippen LogP contribution in [0.25, 0.3) is 5.82 Å². The third-order valence-electron chi connectivity index (χ3n) is 4.56. The summed E-state index contributed by atoms with van der Waals surface area (Å²) in [6, 6.07) is 13.3. The van der Waals surface area contributed by atoms with E-state index in [-0.39, 0.29) is 11.9 Å². The number of nitrogens with zero attached hydrogens (tertiary/aromatic N) is 4. The van der Waals surface area contributed by atoms with Crippen LogP contribution in [0, 0.1) is 5.82 Å². The molecule has 3 aromatic rings. The Morgan fingerprint density at radius 2 is 2.04 bits per heavy atom. The van der Waals surface area contributed by atoms with E-state index in [1.807, 2.05) is 35.0 Å². The van der Waals surface area contributed by atoms with E-state index in [1.165, 1.54) is 6.07 Å². The number of hydrogen-bond acceptors (Lipinski definition) is 3. The smallest absolute Gasteiger partial charge is 0.138 e. The first-order chi connectivity index (χ1) is 11.8. The van der Waals surface area contributed by atoms with Gasteiger partial charge in [-0.15, -0.1) is 0 Å². The summed E-state index contributed by atoms with van der Waals surface area (Å²) in [5.74, 6) is 0.728. The van der Waals surface area contributed by atoms with Crippen molar-refractivity contribution in [1.82, 2.24) is 19.4 Å². The van der Waals surface area contributed by atoms with Crippen molar-refractivity contribution in [3.8, 4) is 5.82 Å². The number of aromatic nitrogens is 3. The number of benzene rings is 1. The quantitative estimate of drug-likeness (QED) is 0.734. The molecule has 3 heterocycles. The molecule has 0 aliphatic carbocycles. The second kappa shape index (κ2) is 6.53. The van der Waals surface area contributed by atoms with Gasteiger partial charge in [0.2, 0.25) is 0 Å². The molecule has 122 valence electrons. The number of imidazole rings is 1. The fourth-order valence-electron chi connectivity index (χ4n) is 3.36. The highest BCUT2D eigenvalue weighted by atomic mass is 19.1. The summed E-state index contributed by atoms with van der Waals surface area (Å²) in [7, 11) is 0. The van der Waals surface area contributed by atoms with Gasteiger partial charge in [0.15, 0.2) is 0 Å². The van der Waals surface area contributed by atoms with Gasteiger partial charge < -0.3 is 0 Å². The predicted molar refractivity (Wildman–Crippen MR) is 90.1 cm³/mol. The molecule has 1 aliphatic heterocycles. The van der Waals surface area contributed by atoms with Crippen LogP contribution in [-0.2, 0) is 6.54 Å². The highest BCUT2D eigenvalue weighted by Crippen LogP contribution is 2.32. The van der Waals surface area contributed by atoms with Crippen LogP contribution >= 0.6 is 0 Å². The highest BCUT2D eigenvalue weighted by molar-refractivity contribution is 5.26. The fraction of sp³-hybridized carbons (Fsp3) is 0.263. The van der Waals surface area contributed by atoms with Crippen LogP contribution < -0.4 is 0 Å². The molecule has 1 aliphatic rings. The Labute approximate surface area is 140 Å². The van der Waals surface area contributed by atoms with Gasteiger partial charge in [0.1, 0.15) is 18.0 Å². The Bertz CT molecular complexity index is 816. The second-order valence-electron chi connectivity index (χ2n) is 6.11. The van der Waals surface area contributed by atoms with Gasteiger partial charge in [-0.3, -0.25) is 9.47 Å². The second-order valence-corrected chi connectivity index (χ2v) is 6.11. The van der Waals surface area contributed by atoms with Crippen molar-refractivity contribution in [2.75, 3.05) is 6.54 Å². The summed E-state index contributed by atoms with van der Waals surface area (Å²) < 4.78 is 15.9. The van der Waals surface area contributed by atoms with Crippen LogP contribution in [0.15, 0.2) is 61.2 Å². The summed E-state index contributed by atoms with van der Waals surface area (Å²) in [6.07, 6.45) is 7.54. The van der Waals surface area contributed by atoms with Crippen LogP contribution in [0.5, 0.6) is 0 Å². The molecule has 0 radical (unpaired) electrons. The molecule has 24 heavy (non-hydrogen) atoms. The highest BCUT2D eigenvalue weighted by Gasteiger charge is 2.27. The lowest BCUT2D eigenvalue weighted by molar-refractivity contribution is 0.241. The molecule has 1 atom stereocenters. The van der Waals surface area contributed by atoms with E-state index in [4.69, 9.17) is 4.98 Å². The predicted octanol–water partition coefficient (Wildman–Crippen LogP) is 3.74. The van der Waals surface area contributed by atoms with Crippen LogP contribution in [0.4, 0.5) is 4.39 Å². The molecular weight excluding hydrogens is 303 g/mol. The molecule has 0 bridgehead atoms. The van der Waals surface area contributed by atoms with Gasteiger partial charge in [-0.25, -0.2) is 14.4 Å². The van der Waals surface area contributed by atoms with Gasteiger partial charge in [-0.05, 0) is 37.6 Å². The van der Waals surface area contributed by atoms with Crippen molar-refractivity contribution >= 4 is 0 Å². The summed E-state index contributed by atoms with van der Waals surface area (Å²) in [5, 5.41) is 0. The Morgan fingerprint density at radius 1 is 1.12 bits per heavy atom. The van der Waals surface area contributed by atoms with Crippen LogP contribution in [0.2, 0.25) is 0 Å². The fourth-order valence-corrected chi connectivity index (χ4v) is 3.36. The minimum Gasteiger partial charge on any atom is -0.291 e. The summed E-state index contributed by atoms with van der Waals surface area (Å²) in [5.41, 5.74) is 1.78. The molecular formula is C19H19FN4. The Balaban J connectivity index is 1.59. The van der Waals surface area contributed by atoms with Crippen molar-refractivity contribution in [1.29, 1.82) is 0 Å². The molecule has 2 aromatic heterocycles. The third-order valence-corrected chi connectivity index (χ3v) is 4.56. The number of hydrogen-bond donors (Lipinski definition) is 0. The number of rotatable bonds is 4. The van der Waals surface area contributed by atoms with Gasteiger partial charge in [-0.1, -0.05) is 24.3 Å². The van der Waals surface area contributed by atoms with Gasteiger partial charge in [-0.2, -0.15) is 0 Å². The van der Waals surface area contributed by atoms with Crippen LogP contribution in [0.3, 0.4) is 0 Å². The minimum atomic E-state index is -0.136. The summed E-state index contributed by atoms with van der Waals surface area (Å²) in [4.78, 5) is 11.2. The van der Waals surface area contributed by atoms with E-state index in [9.17, 15) is 4.39 Å². The number of likely N-dealkylation sites (tertiary alicyclic amines) is 1. The first-order valence-corrected chi connectivity index (χ1v) is 8.24. The van der Waals surface area contributed by atoms with Crippen molar-refractivity contribution in [3.05, 3.63) is 78.3 Å². The molecule has 0 N–H and O–H groups in total. The SMILES string of the molecule is Fc1ccccc1CN1CCCC1c1cccc(-n2ccnc2)n1. The summed E-state index contributed by atoms with van der Waals surface area (Å²) in [6.45, 7) is 1.59. The molecule has 1 aromatic carbocycles. The lowest BCUT2D eigenvalue weighted by Crippen LogP contribution is -2.24. The zero-order valence-electron chi connectivity index (χ0n) is 13.3. The minimum absolute atomic E-state index is 0.136. The third kappa shape index (κ3) is 2.95. The molecule has 0 saturated carbocycles. The Morgan fingerprint density at radius 3 is 2.88 bits per heavy atom. The zero-order valence-corrected chi connectivity index (χ0v) is 13.3. The maximum absolute atomic E-state index is 14.0. The van der Waals surface area contributed by atoms with Gasteiger partial charge >= 0.3 is 0 Å². The Hall–Kier alpha value is -2.53. The largest absolute Gasteiger partial charge is 0.291 e. The molecule has 1 unspecified atom stereocenters. The van der Waals surface area contributed by atoms with E-state index in [0.717, 1.165) is 36.5 Å². The first kappa shape index (κ1) is 15.0. The Kier molecular flexibility index (Phi) is 4.09. The van der Waals surface area contributed by atoms with E-state index in [0.29, 0.717) is 6.54 Å². The molecule has 0 spiro atoms. The van der Waals surface area contributed by atoms with Crippen LogP contribution in [-0.4, -0.2) is 26.0 Å².